The van der Waals surface area contributed by atoms with E-state index in [-0.39, 0.29) is 12.8 Å². The number of carbonyl (C=O) groups excluding carboxylic acids is 1. The first-order valence-corrected chi connectivity index (χ1v) is 6.24. The Morgan fingerprint density at radius 2 is 2.16 bits per heavy atom. The maximum atomic E-state index is 13.8. The molecule has 1 aliphatic carbocycles. The van der Waals surface area contributed by atoms with E-state index in [4.69, 9.17) is 4.42 Å². The molecule has 1 aromatic rings. The fourth-order valence-electron chi connectivity index (χ4n) is 2.08. The second kappa shape index (κ2) is 4.59. The summed E-state index contributed by atoms with van der Waals surface area (Å²) >= 11 is 0. The topological polar surface area (TPSA) is 62.5 Å². The Morgan fingerprint density at radius 3 is 2.58 bits per heavy atom. The summed E-state index contributed by atoms with van der Waals surface area (Å²) in [6, 6.07) is 2.64. The predicted octanol–water partition coefficient (Wildman–Crippen LogP) is 2.32. The summed E-state index contributed by atoms with van der Waals surface area (Å²) in [5.74, 6) is -4.19. The van der Waals surface area contributed by atoms with Gasteiger partial charge in [0.25, 0.3) is 5.91 Å². The van der Waals surface area contributed by atoms with E-state index in [9.17, 15) is 18.7 Å². The summed E-state index contributed by atoms with van der Waals surface area (Å²) in [4.78, 5) is 11.6. The highest BCUT2D eigenvalue weighted by molar-refractivity contribution is 5.85. The van der Waals surface area contributed by atoms with Crippen LogP contribution in [0.5, 0.6) is 0 Å². The van der Waals surface area contributed by atoms with Crippen molar-refractivity contribution in [2.24, 2.45) is 0 Å². The molecule has 1 heterocycles. The largest absolute Gasteiger partial charge is 0.464 e. The van der Waals surface area contributed by atoms with E-state index in [0.717, 1.165) is 0 Å². The molecule has 19 heavy (non-hydrogen) atoms. The molecular weight excluding hydrogens is 256 g/mol. The molecular formula is C13H17F2NO3. The average molecular weight is 273 g/mol. The highest BCUT2D eigenvalue weighted by Gasteiger charge is 2.61. The molecule has 1 saturated carbocycles. The molecule has 4 nitrogen and oxygen atoms in total. The number of hydrogen-bond acceptors (Lipinski definition) is 3. The molecule has 0 aromatic carbocycles. The van der Waals surface area contributed by atoms with Gasteiger partial charge in [0, 0.05) is 0 Å². The molecule has 106 valence electrons. The number of hydrogen-bond donors (Lipinski definition) is 2. The van der Waals surface area contributed by atoms with Gasteiger partial charge in [-0.3, -0.25) is 4.79 Å². The van der Waals surface area contributed by atoms with Gasteiger partial charge in [0.15, 0.2) is 0 Å². The van der Waals surface area contributed by atoms with Crippen molar-refractivity contribution in [1.29, 1.82) is 0 Å². The fourth-order valence-corrected chi connectivity index (χ4v) is 2.08. The Morgan fingerprint density at radius 1 is 1.53 bits per heavy atom. The van der Waals surface area contributed by atoms with Gasteiger partial charge in [-0.25, -0.2) is 0 Å². The lowest BCUT2D eigenvalue weighted by molar-refractivity contribution is -0.216. The van der Waals surface area contributed by atoms with Crippen molar-refractivity contribution in [2.75, 3.05) is 0 Å². The molecule has 0 saturated heterocycles. The number of rotatable bonds is 4. The number of aliphatic hydroxyl groups is 1. The molecule has 2 rings (SSSR count). The smallest absolute Gasteiger partial charge is 0.352 e. The second-order valence-electron chi connectivity index (χ2n) is 5.10. The van der Waals surface area contributed by atoms with Crippen LogP contribution in [0.4, 0.5) is 8.78 Å². The van der Waals surface area contributed by atoms with Gasteiger partial charge in [-0.1, -0.05) is 0 Å². The van der Waals surface area contributed by atoms with Gasteiger partial charge in [0.05, 0.1) is 6.04 Å². The zero-order chi connectivity index (χ0) is 14.3. The monoisotopic (exact) mass is 273 g/mol. The third-order valence-electron chi connectivity index (χ3n) is 3.59. The molecule has 0 bridgehead atoms. The zero-order valence-corrected chi connectivity index (χ0v) is 10.9. The van der Waals surface area contributed by atoms with E-state index < -0.39 is 23.5 Å². The van der Waals surface area contributed by atoms with Crippen molar-refractivity contribution in [2.45, 2.75) is 50.7 Å². The Bertz CT molecular complexity index is 480. The minimum Gasteiger partial charge on any atom is -0.464 e. The molecule has 1 aromatic heterocycles. The first-order valence-electron chi connectivity index (χ1n) is 6.24. The average Bonchev–Trinajstić information content (AvgIpc) is 2.72. The standard InChI is InChI=1S/C13H17F2NO3/c1-8-4-5-10(19-8)9(2)16-11(17)13(14,15)12(18)6-3-7-12/h4-5,9,18H,3,6-7H2,1-2H3,(H,16,17). The van der Waals surface area contributed by atoms with E-state index in [1.807, 2.05) is 0 Å². The minimum atomic E-state index is -3.78. The second-order valence-corrected chi connectivity index (χ2v) is 5.10. The summed E-state index contributed by atoms with van der Waals surface area (Å²) < 4.78 is 32.9. The van der Waals surface area contributed by atoms with Crippen molar-refractivity contribution in [3.63, 3.8) is 0 Å². The Labute approximate surface area is 109 Å². The Kier molecular flexibility index (Phi) is 3.38. The number of aryl methyl sites for hydroxylation is 1. The summed E-state index contributed by atoms with van der Waals surface area (Å²) in [5.41, 5.74) is -2.20. The molecule has 0 radical (unpaired) electrons. The number of alkyl halides is 2. The first kappa shape index (κ1) is 14.0. The van der Waals surface area contributed by atoms with E-state index >= 15 is 0 Å². The summed E-state index contributed by atoms with van der Waals surface area (Å²) in [5, 5.41) is 11.8. The maximum Gasteiger partial charge on any atom is 0.352 e. The van der Waals surface area contributed by atoms with Crippen molar-refractivity contribution < 1.29 is 23.1 Å². The van der Waals surface area contributed by atoms with Crippen molar-refractivity contribution in [3.8, 4) is 0 Å². The van der Waals surface area contributed by atoms with E-state index in [0.29, 0.717) is 17.9 Å². The molecule has 1 atom stereocenters. The third kappa shape index (κ3) is 2.36. The Balaban J connectivity index is 2.04. The lowest BCUT2D eigenvalue weighted by atomic mass is 9.75. The summed E-state index contributed by atoms with van der Waals surface area (Å²) in [7, 11) is 0. The van der Waals surface area contributed by atoms with Crippen LogP contribution in [0.2, 0.25) is 0 Å². The van der Waals surface area contributed by atoms with Gasteiger partial charge >= 0.3 is 5.92 Å². The molecule has 0 aliphatic heterocycles. The highest BCUT2D eigenvalue weighted by Crippen LogP contribution is 2.44. The van der Waals surface area contributed by atoms with Crippen molar-refractivity contribution >= 4 is 5.91 Å². The van der Waals surface area contributed by atoms with Gasteiger partial charge in [0.1, 0.15) is 17.1 Å². The van der Waals surface area contributed by atoms with Crippen LogP contribution in [0.3, 0.4) is 0 Å². The van der Waals surface area contributed by atoms with Crippen molar-refractivity contribution in [3.05, 3.63) is 23.7 Å². The van der Waals surface area contributed by atoms with Crippen LogP contribution in [0.25, 0.3) is 0 Å². The molecule has 1 fully saturated rings. The van der Waals surface area contributed by atoms with E-state index in [1.54, 1.807) is 26.0 Å². The zero-order valence-electron chi connectivity index (χ0n) is 10.9. The minimum absolute atomic E-state index is 0.0539. The lowest BCUT2D eigenvalue weighted by Crippen LogP contribution is -2.60. The summed E-state index contributed by atoms with van der Waals surface area (Å²) in [6.07, 6.45) is 0.398. The van der Waals surface area contributed by atoms with Crippen LogP contribution in [0.1, 0.15) is 43.7 Å². The van der Waals surface area contributed by atoms with Crippen LogP contribution >= 0.6 is 0 Å². The Hall–Kier alpha value is -1.43. The highest BCUT2D eigenvalue weighted by atomic mass is 19.3. The van der Waals surface area contributed by atoms with Gasteiger partial charge < -0.3 is 14.8 Å². The van der Waals surface area contributed by atoms with Crippen LogP contribution in [-0.4, -0.2) is 22.5 Å². The molecule has 1 unspecified atom stereocenters. The lowest BCUT2D eigenvalue weighted by Gasteiger charge is -2.41. The molecule has 0 spiro atoms. The predicted molar refractivity (Wildman–Crippen MR) is 63.8 cm³/mol. The van der Waals surface area contributed by atoms with Crippen LogP contribution in [0.15, 0.2) is 16.5 Å². The van der Waals surface area contributed by atoms with E-state index in [1.165, 1.54) is 0 Å². The van der Waals surface area contributed by atoms with Gasteiger partial charge in [0.2, 0.25) is 0 Å². The fraction of sp³-hybridized carbons (Fsp3) is 0.615. The summed E-state index contributed by atoms with van der Waals surface area (Å²) in [6.45, 7) is 3.28. The number of amides is 1. The van der Waals surface area contributed by atoms with Crippen LogP contribution in [-0.2, 0) is 4.79 Å². The maximum absolute atomic E-state index is 13.8. The molecule has 1 aliphatic rings. The quantitative estimate of drug-likeness (QED) is 0.885. The third-order valence-corrected chi connectivity index (χ3v) is 3.59. The number of nitrogens with one attached hydrogen (secondary N) is 1. The first-order chi connectivity index (χ1) is 8.76. The van der Waals surface area contributed by atoms with Crippen LogP contribution in [0, 0.1) is 6.92 Å². The van der Waals surface area contributed by atoms with Gasteiger partial charge in [-0.05, 0) is 45.2 Å². The molecule has 2 N–H and O–H groups in total. The van der Waals surface area contributed by atoms with E-state index in [2.05, 4.69) is 5.32 Å². The van der Waals surface area contributed by atoms with Crippen LogP contribution < -0.4 is 5.32 Å². The van der Waals surface area contributed by atoms with Crippen molar-refractivity contribution in [1.82, 2.24) is 5.32 Å². The van der Waals surface area contributed by atoms with Gasteiger partial charge in [-0.15, -0.1) is 0 Å². The normalized spacial score (nSPS) is 19.6. The number of furan rings is 1. The molecule has 6 heteroatoms. The molecule has 1 amide bonds. The number of carbonyl (C=O) groups is 1. The SMILES string of the molecule is Cc1ccc(C(C)NC(=O)C(F)(F)C2(O)CCC2)o1. The van der Waals surface area contributed by atoms with Gasteiger partial charge in [-0.2, -0.15) is 8.78 Å². The number of halogens is 2.